The van der Waals surface area contributed by atoms with Crippen molar-refractivity contribution in [2.45, 2.75) is 39.5 Å². The second-order valence-electron chi connectivity index (χ2n) is 4.92. The monoisotopic (exact) mass is 436 g/mol. The molecule has 0 aliphatic carbocycles. The van der Waals surface area contributed by atoms with Crippen molar-refractivity contribution >= 4 is 41.3 Å². The SMILES string of the molecule is C=CCCCN(C)C(=NCCc1csc(CC)n1)NCC.I. The molecule has 0 saturated carbocycles. The number of unbranched alkanes of at least 4 members (excludes halogenated alkanes) is 1. The van der Waals surface area contributed by atoms with Gasteiger partial charge in [0.1, 0.15) is 0 Å². The Morgan fingerprint density at radius 2 is 2.27 bits per heavy atom. The van der Waals surface area contributed by atoms with Crippen molar-refractivity contribution in [2.75, 3.05) is 26.7 Å². The Labute approximate surface area is 156 Å². The van der Waals surface area contributed by atoms with Crippen LogP contribution in [0, 0.1) is 0 Å². The molecule has 0 saturated heterocycles. The summed E-state index contributed by atoms with van der Waals surface area (Å²) in [7, 11) is 2.09. The fourth-order valence-electron chi connectivity index (χ4n) is 1.95. The molecule has 0 fully saturated rings. The second-order valence-corrected chi connectivity index (χ2v) is 5.87. The number of aromatic nitrogens is 1. The van der Waals surface area contributed by atoms with E-state index in [9.17, 15) is 0 Å². The van der Waals surface area contributed by atoms with Crippen molar-refractivity contribution in [1.82, 2.24) is 15.2 Å². The van der Waals surface area contributed by atoms with Crippen LogP contribution in [-0.2, 0) is 12.8 Å². The Kier molecular flexibility index (Phi) is 12.5. The van der Waals surface area contributed by atoms with E-state index in [0.29, 0.717) is 0 Å². The highest BCUT2D eigenvalue weighted by Gasteiger charge is 2.05. The highest BCUT2D eigenvalue weighted by molar-refractivity contribution is 14.0. The number of rotatable bonds is 9. The first kappa shape index (κ1) is 21.4. The van der Waals surface area contributed by atoms with Crippen molar-refractivity contribution in [3.8, 4) is 0 Å². The van der Waals surface area contributed by atoms with E-state index < -0.39 is 0 Å². The van der Waals surface area contributed by atoms with Crippen LogP contribution in [0.2, 0.25) is 0 Å². The van der Waals surface area contributed by atoms with Crippen molar-refractivity contribution in [1.29, 1.82) is 0 Å². The van der Waals surface area contributed by atoms with Gasteiger partial charge in [-0.1, -0.05) is 13.0 Å². The molecule has 0 radical (unpaired) electrons. The van der Waals surface area contributed by atoms with E-state index in [1.807, 2.05) is 6.08 Å². The van der Waals surface area contributed by atoms with Gasteiger partial charge in [-0.3, -0.25) is 4.99 Å². The predicted molar refractivity (Wildman–Crippen MR) is 109 cm³/mol. The van der Waals surface area contributed by atoms with E-state index in [-0.39, 0.29) is 24.0 Å². The maximum Gasteiger partial charge on any atom is 0.193 e. The molecule has 1 heterocycles. The summed E-state index contributed by atoms with van der Waals surface area (Å²) >= 11 is 1.74. The van der Waals surface area contributed by atoms with Gasteiger partial charge < -0.3 is 10.2 Å². The molecule has 0 aliphatic heterocycles. The van der Waals surface area contributed by atoms with Crippen LogP contribution in [-0.4, -0.2) is 42.5 Å². The molecule has 1 rings (SSSR count). The van der Waals surface area contributed by atoms with Crippen LogP contribution in [0.5, 0.6) is 0 Å². The van der Waals surface area contributed by atoms with Crippen molar-refractivity contribution < 1.29 is 0 Å². The zero-order valence-electron chi connectivity index (χ0n) is 14.0. The number of aliphatic imine (C=N–C) groups is 1. The molecule has 1 aromatic heterocycles. The van der Waals surface area contributed by atoms with Gasteiger partial charge in [-0.15, -0.1) is 41.9 Å². The molecule has 1 aromatic rings. The molecular weight excluding hydrogens is 407 g/mol. The summed E-state index contributed by atoms with van der Waals surface area (Å²) in [5, 5.41) is 6.70. The first-order valence-electron chi connectivity index (χ1n) is 7.74. The Bertz CT molecular complexity index is 445. The first-order valence-corrected chi connectivity index (χ1v) is 8.62. The number of hydrogen-bond donors (Lipinski definition) is 1. The van der Waals surface area contributed by atoms with Gasteiger partial charge in [0.25, 0.3) is 0 Å². The van der Waals surface area contributed by atoms with Crippen LogP contribution in [0.3, 0.4) is 0 Å². The number of aryl methyl sites for hydroxylation is 1. The normalized spacial score (nSPS) is 11.0. The Morgan fingerprint density at radius 1 is 1.50 bits per heavy atom. The maximum absolute atomic E-state index is 4.69. The van der Waals surface area contributed by atoms with Gasteiger partial charge in [0.05, 0.1) is 10.7 Å². The first-order chi connectivity index (χ1) is 10.2. The maximum atomic E-state index is 4.69. The number of hydrogen-bond acceptors (Lipinski definition) is 3. The van der Waals surface area contributed by atoms with Gasteiger partial charge in [-0.2, -0.15) is 0 Å². The van der Waals surface area contributed by atoms with E-state index in [1.54, 1.807) is 11.3 Å². The summed E-state index contributed by atoms with van der Waals surface area (Å²) in [6.07, 6.45) is 6.04. The Morgan fingerprint density at radius 3 is 2.86 bits per heavy atom. The average Bonchev–Trinajstić information content (AvgIpc) is 2.94. The molecule has 22 heavy (non-hydrogen) atoms. The molecule has 0 unspecified atom stereocenters. The van der Waals surface area contributed by atoms with Crippen molar-refractivity contribution in [3.05, 3.63) is 28.7 Å². The third kappa shape index (κ3) is 8.12. The lowest BCUT2D eigenvalue weighted by Gasteiger charge is -2.21. The summed E-state index contributed by atoms with van der Waals surface area (Å²) in [5.41, 5.74) is 1.16. The molecule has 0 aliphatic rings. The topological polar surface area (TPSA) is 40.5 Å². The number of nitrogens with one attached hydrogen (secondary N) is 1. The van der Waals surface area contributed by atoms with Gasteiger partial charge in [-0.25, -0.2) is 4.98 Å². The molecule has 0 spiro atoms. The lowest BCUT2D eigenvalue weighted by molar-refractivity contribution is 0.470. The standard InChI is InChI=1S/C16H28N4S.HI/c1-5-8-9-12-20(4)16(17-7-3)18-11-10-14-13-21-15(6-2)19-14;/h5,13H,1,6-12H2,2-4H3,(H,17,18);1H. The molecular formula is C16H29IN4S. The number of guanidine groups is 1. The fourth-order valence-corrected chi connectivity index (χ4v) is 2.73. The Balaban J connectivity index is 0.00000441. The minimum atomic E-state index is 0. The van der Waals surface area contributed by atoms with Crippen LogP contribution in [0.25, 0.3) is 0 Å². The number of thiazole rings is 1. The largest absolute Gasteiger partial charge is 0.357 e. The molecule has 6 heteroatoms. The molecule has 0 atom stereocenters. The molecule has 1 N–H and O–H groups in total. The van der Waals surface area contributed by atoms with Crippen LogP contribution >= 0.6 is 35.3 Å². The molecule has 4 nitrogen and oxygen atoms in total. The second kappa shape index (κ2) is 12.9. The van der Waals surface area contributed by atoms with E-state index in [2.05, 4.69) is 48.1 Å². The predicted octanol–water partition coefficient (Wildman–Crippen LogP) is 3.73. The summed E-state index contributed by atoms with van der Waals surface area (Å²) in [4.78, 5) is 11.5. The number of nitrogens with zero attached hydrogens (tertiary/aromatic N) is 3. The van der Waals surface area contributed by atoms with Gasteiger partial charge in [0.15, 0.2) is 5.96 Å². The smallest absolute Gasteiger partial charge is 0.193 e. The van der Waals surface area contributed by atoms with E-state index in [4.69, 9.17) is 4.99 Å². The lowest BCUT2D eigenvalue weighted by Crippen LogP contribution is -2.39. The zero-order valence-corrected chi connectivity index (χ0v) is 17.1. The van der Waals surface area contributed by atoms with Crippen LogP contribution in [0.1, 0.15) is 37.4 Å². The van der Waals surface area contributed by atoms with E-state index in [1.165, 1.54) is 5.01 Å². The van der Waals surface area contributed by atoms with Gasteiger partial charge in [0.2, 0.25) is 0 Å². The lowest BCUT2D eigenvalue weighted by atomic mass is 10.3. The summed E-state index contributed by atoms with van der Waals surface area (Å²) in [5.74, 6) is 0.979. The number of allylic oxidation sites excluding steroid dienone is 1. The average molecular weight is 436 g/mol. The van der Waals surface area contributed by atoms with Gasteiger partial charge in [0, 0.05) is 38.5 Å². The number of halogens is 1. The van der Waals surface area contributed by atoms with Crippen molar-refractivity contribution in [2.24, 2.45) is 4.99 Å². The van der Waals surface area contributed by atoms with Gasteiger partial charge in [-0.05, 0) is 26.2 Å². The van der Waals surface area contributed by atoms with E-state index in [0.717, 1.165) is 57.0 Å². The minimum Gasteiger partial charge on any atom is -0.357 e. The molecule has 0 amide bonds. The highest BCUT2D eigenvalue weighted by atomic mass is 127. The zero-order chi connectivity index (χ0) is 15.5. The van der Waals surface area contributed by atoms with Crippen LogP contribution in [0.4, 0.5) is 0 Å². The van der Waals surface area contributed by atoms with E-state index >= 15 is 0 Å². The molecule has 126 valence electrons. The summed E-state index contributed by atoms with van der Waals surface area (Å²) in [6, 6.07) is 0. The third-order valence-electron chi connectivity index (χ3n) is 3.13. The third-order valence-corrected chi connectivity index (χ3v) is 4.17. The van der Waals surface area contributed by atoms with Crippen LogP contribution in [0.15, 0.2) is 23.0 Å². The Hall–Kier alpha value is -0.630. The summed E-state index contributed by atoms with van der Waals surface area (Å²) in [6.45, 7) is 10.7. The fraction of sp³-hybridized carbons (Fsp3) is 0.625. The molecule has 0 bridgehead atoms. The van der Waals surface area contributed by atoms with Gasteiger partial charge >= 0.3 is 0 Å². The molecule has 0 aromatic carbocycles. The van der Waals surface area contributed by atoms with Crippen molar-refractivity contribution in [3.63, 3.8) is 0 Å². The highest BCUT2D eigenvalue weighted by Crippen LogP contribution is 2.10. The van der Waals surface area contributed by atoms with Crippen LogP contribution < -0.4 is 5.32 Å². The quantitative estimate of drug-likeness (QED) is 0.211. The summed E-state index contributed by atoms with van der Waals surface area (Å²) < 4.78 is 0. The minimum absolute atomic E-state index is 0.